The van der Waals surface area contributed by atoms with Crippen molar-refractivity contribution >= 4 is 23.1 Å². The van der Waals surface area contributed by atoms with E-state index in [-0.39, 0.29) is 29.8 Å². The Hall–Kier alpha value is -2.90. The Kier molecular flexibility index (Phi) is 6.05. The van der Waals surface area contributed by atoms with Crippen molar-refractivity contribution in [2.45, 2.75) is 26.2 Å². The van der Waals surface area contributed by atoms with Gasteiger partial charge < -0.3 is 15.5 Å². The Morgan fingerprint density at radius 1 is 1.26 bits per heavy atom. The van der Waals surface area contributed by atoms with Gasteiger partial charge in [0.05, 0.1) is 12.7 Å². The molecule has 2 N–H and O–H groups in total. The fourth-order valence-corrected chi connectivity index (χ4v) is 3.21. The molecule has 0 spiro atoms. The molecule has 0 unspecified atom stereocenters. The fourth-order valence-electron chi connectivity index (χ4n) is 3.21. The van der Waals surface area contributed by atoms with E-state index in [0.717, 1.165) is 6.42 Å². The summed E-state index contributed by atoms with van der Waals surface area (Å²) in [6.45, 7) is 3.85. The average molecular weight is 371 g/mol. The highest BCUT2D eigenvalue weighted by molar-refractivity contribution is 5.82. The number of hydrogen-bond acceptors (Lipinski definition) is 5. The van der Waals surface area contributed by atoms with Crippen molar-refractivity contribution in [3.05, 3.63) is 40.9 Å². The van der Waals surface area contributed by atoms with E-state index in [9.17, 15) is 14.4 Å². The van der Waals surface area contributed by atoms with E-state index >= 15 is 0 Å². The van der Waals surface area contributed by atoms with E-state index in [2.05, 4.69) is 15.6 Å². The number of nitrogens with one attached hydrogen (secondary N) is 2. The summed E-state index contributed by atoms with van der Waals surface area (Å²) in [6.07, 6.45) is 5.35. The molecule has 0 aromatic carbocycles. The summed E-state index contributed by atoms with van der Waals surface area (Å²) in [5.41, 5.74) is 0.614. The predicted octanol–water partition coefficient (Wildman–Crippen LogP) is 0.871. The van der Waals surface area contributed by atoms with E-state index in [1.807, 2.05) is 13.0 Å². The zero-order valence-electron chi connectivity index (χ0n) is 15.5. The molecule has 0 aliphatic carbocycles. The average Bonchev–Trinajstić information content (AvgIpc) is 2.71. The summed E-state index contributed by atoms with van der Waals surface area (Å²) in [7, 11) is 0. The number of piperidine rings is 1. The lowest BCUT2D eigenvalue weighted by atomic mass is 9.96. The smallest absolute Gasteiger partial charge is 0.281 e. The molecule has 27 heavy (non-hydrogen) atoms. The second-order valence-corrected chi connectivity index (χ2v) is 6.71. The first-order chi connectivity index (χ1) is 13.1. The van der Waals surface area contributed by atoms with Gasteiger partial charge in [-0.15, -0.1) is 0 Å². The van der Waals surface area contributed by atoms with Crippen molar-refractivity contribution < 1.29 is 9.59 Å². The van der Waals surface area contributed by atoms with Crippen molar-refractivity contribution in [2.24, 2.45) is 5.92 Å². The van der Waals surface area contributed by atoms with Crippen LogP contribution < -0.4 is 16.2 Å². The van der Waals surface area contributed by atoms with Crippen LogP contribution in [0.3, 0.4) is 0 Å². The van der Waals surface area contributed by atoms with Crippen LogP contribution >= 0.6 is 0 Å². The maximum Gasteiger partial charge on any atom is 0.281 e. The first-order valence-corrected chi connectivity index (χ1v) is 9.36. The standard InChI is InChI=1S/C19H25N5O3/c1-2-8-20-18(26)14-6-10-23(11-7-14)17(25)13-21-15-12-22-16-5-3-4-9-24(16)19(15)27/h3-5,9,12,14,21H,2,6-8,10-11,13H2,1H3,(H,20,26). The Morgan fingerprint density at radius 2 is 2.04 bits per heavy atom. The quantitative estimate of drug-likeness (QED) is 0.786. The molecule has 8 nitrogen and oxygen atoms in total. The summed E-state index contributed by atoms with van der Waals surface area (Å²) < 4.78 is 1.44. The third-order valence-corrected chi connectivity index (χ3v) is 4.81. The van der Waals surface area contributed by atoms with Crippen LogP contribution in [0.15, 0.2) is 35.4 Å². The number of likely N-dealkylation sites (tertiary alicyclic amines) is 1. The van der Waals surface area contributed by atoms with Crippen molar-refractivity contribution in [1.29, 1.82) is 0 Å². The van der Waals surface area contributed by atoms with E-state index < -0.39 is 0 Å². The highest BCUT2D eigenvalue weighted by Crippen LogP contribution is 2.17. The number of aromatic nitrogens is 2. The number of carbonyl (C=O) groups excluding carboxylic acids is 2. The molecule has 0 atom stereocenters. The van der Waals surface area contributed by atoms with Crippen molar-refractivity contribution in [3.63, 3.8) is 0 Å². The third-order valence-electron chi connectivity index (χ3n) is 4.81. The van der Waals surface area contributed by atoms with Crippen molar-refractivity contribution in [3.8, 4) is 0 Å². The van der Waals surface area contributed by atoms with Gasteiger partial charge in [-0.2, -0.15) is 0 Å². The Bertz CT molecular complexity index is 871. The van der Waals surface area contributed by atoms with Crippen molar-refractivity contribution in [1.82, 2.24) is 19.6 Å². The van der Waals surface area contributed by atoms with Crippen LogP contribution in [0.4, 0.5) is 5.69 Å². The van der Waals surface area contributed by atoms with E-state index in [1.54, 1.807) is 23.2 Å². The van der Waals surface area contributed by atoms with Gasteiger partial charge in [-0.1, -0.05) is 13.0 Å². The number of nitrogens with zero attached hydrogens (tertiary/aromatic N) is 3. The summed E-state index contributed by atoms with van der Waals surface area (Å²) in [5.74, 6) is -0.0276. The van der Waals surface area contributed by atoms with E-state index in [4.69, 9.17) is 0 Å². The SMILES string of the molecule is CCCNC(=O)C1CCN(C(=O)CNc2cnc3ccccn3c2=O)CC1. The Labute approximate surface area is 157 Å². The largest absolute Gasteiger partial charge is 0.370 e. The summed E-state index contributed by atoms with van der Waals surface area (Å²) >= 11 is 0. The van der Waals surface area contributed by atoms with Gasteiger partial charge in [0.15, 0.2) is 0 Å². The van der Waals surface area contributed by atoms with Gasteiger partial charge in [0.2, 0.25) is 11.8 Å². The lowest BCUT2D eigenvalue weighted by Crippen LogP contribution is -2.45. The summed E-state index contributed by atoms with van der Waals surface area (Å²) in [4.78, 5) is 42.8. The highest BCUT2D eigenvalue weighted by Gasteiger charge is 2.26. The molecule has 0 saturated carbocycles. The minimum Gasteiger partial charge on any atom is -0.370 e. The molecule has 2 aromatic rings. The van der Waals surface area contributed by atoms with Gasteiger partial charge in [0.1, 0.15) is 11.3 Å². The van der Waals surface area contributed by atoms with Gasteiger partial charge in [0.25, 0.3) is 5.56 Å². The number of carbonyl (C=O) groups is 2. The van der Waals surface area contributed by atoms with Gasteiger partial charge in [0, 0.05) is 31.7 Å². The zero-order valence-corrected chi connectivity index (χ0v) is 15.5. The number of rotatable bonds is 6. The van der Waals surface area contributed by atoms with Gasteiger partial charge in [-0.3, -0.25) is 18.8 Å². The number of fused-ring (bicyclic) bond motifs is 1. The molecular weight excluding hydrogens is 346 g/mol. The lowest BCUT2D eigenvalue weighted by molar-refractivity contribution is -0.134. The van der Waals surface area contributed by atoms with Crippen LogP contribution in [-0.4, -0.2) is 52.3 Å². The van der Waals surface area contributed by atoms with Crippen LogP contribution in [0, 0.1) is 5.92 Å². The molecule has 2 amide bonds. The number of pyridine rings is 1. The topological polar surface area (TPSA) is 95.8 Å². The van der Waals surface area contributed by atoms with Crippen LogP contribution in [0.25, 0.3) is 5.65 Å². The van der Waals surface area contributed by atoms with Crippen LogP contribution in [-0.2, 0) is 9.59 Å². The van der Waals surface area contributed by atoms with Crippen LogP contribution in [0.2, 0.25) is 0 Å². The zero-order chi connectivity index (χ0) is 19.2. The third kappa shape index (κ3) is 4.45. The number of amides is 2. The number of anilines is 1. The molecular formula is C19H25N5O3. The molecule has 3 rings (SSSR count). The molecule has 8 heteroatoms. The molecule has 1 aliphatic heterocycles. The Balaban J connectivity index is 1.53. The fraction of sp³-hybridized carbons (Fsp3) is 0.474. The first-order valence-electron chi connectivity index (χ1n) is 9.36. The minimum absolute atomic E-state index is 0.0251. The minimum atomic E-state index is -0.236. The van der Waals surface area contributed by atoms with Gasteiger partial charge >= 0.3 is 0 Å². The molecule has 0 bridgehead atoms. The van der Waals surface area contributed by atoms with Crippen LogP contribution in [0.1, 0.15) is 26.2 Å². The molecule has 3 heterocycles. The molecule has 2 aromatic heterocycles. The monoisotopic (exact) mass is 371 g/mol. The van der Waals surface area contributed by atoms with Gasteiger partial charge in [-0.25, -0.2) is 4.98 Å². The highest BCUT2D eigenvalue weighted by atomic mass is 16.2. The maximum absolute atomic E-state index is 12.4. The Morgan fingerprint density at radius 3 is 2.78 bits per heavy atom. The van der Waals surface area contributed by atoms with Crippen molar-refractivity contribution in [2.75, 3.05) is 31.5 Å². The second-order valence-electron chi connectivity index (χ2n) is 6.71. The first kappa shape index (κ1) is 18.9. The maximum atomic E-state index is 12.4. The number of hydrogen-bond donors (Lipinski definition) is 2. The van der Waals surface area contributed by atoms with Gasteiger partial charge in [-0.05, 0) is 31.4 Å². The molecule has 1 fully saturated rings. The summed E-state index contributed by atoms with van der Waals surface area (Å²) in [5, 5.41) is 5.81. The summed E-state index contributed by atoms with van der Waals surface area (Å²) in [6, 6.07) is 5.31. The van der Waals surface area contributed by atoms with Crippen LogP contribution in [0.5, 0.6) is 0 Å². The molecule has 1 saturated heterocycles. The lowest BCUT2D eigenvalue weighted by Gasteiger charge is -2.31. The normalized spacial score (nSPS) is 14.9. The molecule has 0 radical (unpaired) electrons. The predicted molar refractivity (Wildman–Crippen MR) is 103 cm³/mol. The molecule has 144 valence electrons. The molecule has 1 aliphatic rings. The van der Waals surface area contributed by atoms with E-state index in [1.165, 1.54) is 10.6 Å². The van der Waals surface area contributed by atoms with E-state index in [0.29, 0.717) is 43.8 Å². The second kappa shape index (κ2) is 8.66.